The van der Waals surface area contributed by atoms with E-state index in [1.54, 1.807) is 0 Å². The minimum atomic E-state index is -4.94. The highest BCUT2D eigenvalue weighted by atomic mass is 35.7. The maximum Gasteiger partial charge on any atom is 0.573 e. The fourth-order valence-electron chi connectivity index (χ4n) is 1.98. The Kier molecular flexibility index (Phi) is 4.97. The fraction of sp³-hybridized carbons (Fsp3) is 0.143. The minimum Gasteiger partial charge on any atom is -0.406 e. The van der Waals surface area contributed by atoms with Crippen molar-refractivity contribution in [3.63, 3.8) is 0 Å². The molecule has 0 aliphatic heterocycles. The van der Waals surface area contributed by atoms with Gasteiger partial charge in [-0.15, -0.1) is 13.2 Å². The van der Waals surface area contributed by atoms with Crippen LogP contribution in [-0.2, 0) is 15.2 Å². The molecule has 2 aromatic rings. The van der Waals surface area contributed by atoms with Crippen molar-refractivity contribution in [2.45, 2.75) is 17.4 Å². The van der Waals surface area contributed by atoms with Gasteiger partial charge < -0.3 is 4.74 Å². The Bertz CT molecular complexity index is 873. The second-order valence-electron chi connectivity index (χ2n) is 4.72. The Labute approximate surface area is 142 Å². The average Bonchev–Trinajstić information content (AvgIpc) is 2.44. The Morgan fingerprint density at radius 3 is 1.88 bits per heavy atom. The summed E-state index contributed by atoms with van der Waals surface area (Å²) in [6, 6.07) is 5.43. The van der Waals surface area contributed by atoms with Crippen molar-refractivity contribution < 1.29 is 39.5 Å². The van der Waals surface area contributed by atoms with Gasteiger partial charge in [0.15, 0.2) is 0 Å². The molecule has 0 atom stereocenters. The maximum absolute atomic E-state index is 12.8. The molecule has 25 heavy (non-hydrogen) atoms. The third-order valence-corrected chi connectivity index (χ3v) is 4.35. The van der Waals surface area contributed by atoms with E-state index < -0.39 is 43.4 Å². The molecular weight excluding hydrogens is 398 g/mol. The van der Waals surface area contributed by atoms with Crippen LogP contribution in [0.25, 0.3) is 11.1 Å². The van der Waals surface area contributed by atoms with Crippen LogP contribution in [0.1, 0.15) is 5.56 Å². The summed E-state index contributed by atoms with van der Waals surface area (Å²) in [5.41, 5.74) is -1.62. The number of alkyl halides is 6. The lowest BCUT2D eigenvalue weighted by atomic mass is 10.0. The van der Waals surface area contributed by atoms with E-state index in [4.69, 9.17) is 10.7 Å². The third-order valence-electron chi connectivity index (χ3n) is 2.97. The second-order valence-corrected chi connectivity index (χ2v) is 7.25. The predicted octanol–water partition coefficient (Wildman–Crippen LogP) is 5.20. The van der Waals surface area contributed by atoms with Gasteiger partial charge in [0.2, 0.25) is 0 Å². The Morgan fingerprint density at radius 2 is 1.44 bits per heavy atom. The van der Waals surface area contributed by atoms with Gasteiger partial charge in [0.05, 0.1) is 10.5 Å². The van der Waals surface area contributed by atoms with Crippen LogP contribution in [0.15, 0.2) is 47.4 Å². The first-order chi connectivity index (χ1) is 11.3. The van der Waals surface area contributed by atoms with Crippen LogP contribution in [0.2, 0.25) is 0 Å². The van der Waals surface area contributed by atoms with Crippen LogP contribution in [-0.4, -0.2) is 14.8 Å². The lowest BCUT2D eigenvalue weighted by molar-refractivity contribution is -0.274. The van der Waals surface area contributed by atoms with E-state index in [-0.39, 0.29) is 5.56 Å². The smallest absolute Gasteiger partial charge is 0.406 e. The lowest BCUT2D eigenvalue weighted by Gasteiger charge is -2.13. The summed E-state index contributed by atoms with van der Waals surface area (Å²) in [4.78, 5) is -0.605. The lowest BCUT2D eigenvalue weighted by Crippen LogP contribution is -2.16. The van der Waals surface area contributed by atoms with Crippen LogP contribution in [0.3, 0.4) is 0 Å². The molecule has 0 N–H and O–H groups in total. The van der Waals surface area contributed by atoms with E-state index in [9.17, 15) is 34.8 Å². The summed E-state index contributed by atoms with van der Waals surface area (Å²) >= 11 is 0. The summed E-state index contributed by atoms with van der Waals surface area (Å²) in [6.07, 6.45) is -9.69. The van der Waals surface area contributed by atoms with Crippen LogP contribution >= 0.6 is 10.7 Å². The molecule has 0 heterocycles. The van der Waals surface area contributed by atoms with Gasteiger partial charge in [-0.05, 0) is 35.9 Å². The topological polar surface area (TPSA) is 43.4 Å². The van der Waals surface area contributed by atoms with Gasteiger partial charge in [-0.25, -0.2) is 8.42 Å². The van der Waals surface area contributed by atoms with Crippen molar-refractivity contribution in [1.29, 1.82) is 0 Å². The Morgan fingerprint density at radius 1 is 0.880 bits per heavy atom. The molecule has 0 aromatic heterocycles. The van der Waals surface area contributed by atoms with Crippen molar-refractivity contribution in [2.24, 2.45) is 0 Å². The summed E-state index contributed by atoms with van der Waals surface area (Å²) in [6.45, 7) is 0. The van der Waals surface area contributed by atoms with E-state index in [2.05, 4.69) is 4.74 Å². The van der Waals surface area contributed by atoms with Crippen LogP contribution in [0.5, 0.6) is 5.75 Å². The molecule has 2 aromatic carbocycles. The molecule has 0 aliphatic carbocycles. The monoisotopic (exact) mass is 404 g/mol. The third kappa shape index (κ3) is 5.02. The molecule has 0 amide bonds. The molecule has 0 fully saturated rings. The van der Waals surface area contributed by atoms with E-state index in [0.717, 1.165) is 24.3 Å². The van der Waals surface area contributed by atoms with E-state index in [1.807, 2.05) is 0 Å². The van der Waals surface area contributed by atoms with Crippen molar-refractivity contribution in [3.8, 4) is 16.9 Å². The van der Waals surface area contributed by atoms with Crippen molar-refractivity contribution in [2.75, 3.05) is 0 Å². The minimum absolute atomic E-state index is 0.0835. The summed E-state index contributed by atoms with van der Waals surface area (Å²) in [7, 11) is 0.827. The zero-order valence-corrected chi connectivity index (χ0v) is 13.4. The second kappa shape index (κ2) is 6.41. The Balaban J connectivity index is 2.56. The summed E-state index contributed by atoms with van der Waals surface area (Å²) in [5, 5.41) is 0. The highest BCUT2D eigenvalue weighted by Crippen LogP contribution is 2.37. The number of rotatable bonds is 3. The first-order valence-electron chi connectivity index (χ1n) is 6.29. The fourth-order valence-corrected chi connectivity index (χ4v) is 3.05. The molecule has 2 rings (SSSR count). The SMILES string of the molecule is O=S(=O)(Cl)c1ccc(C(F)(F)F)cc1-c1ccc(OC(F)(F)F)cc1. The number of benzene rings is 2. The highest BCUT2D eigenvalue weighted by Gasteiger charge is 2.33. The zero-order chi connectivity index (χ0) is 19.0. The summed E-state index contributed by atoms with van der Waals surface area (Å²) in [5.74, 6) is -0.612. The molecule has 0 unspecified atom stereocenters. The number of hydrogen-bond donors (Lipinski definition) is 0. The molecule has 136 valence electrons. The first kappa shape index (κ1) is 19.4. The largest absolute Gasteiger partial charge is 0.573 e. The van der Waals surface area contributed by atoms with E-state index in [0.29, 0.717) is 18.2 Å². The number of hydrogen-bond acceptors (Lipinski definition) is 3. The van der Waals surface area contributed by atoms with Gasteiger partial charge in [-0.2, -0.15) is 13.2 Å². The zero-order valence-electron chi connectivity index (χ0n) is 11.8. The molecule has 0 radical (unpaired) electrons. The summed E-state index contributed by atoms with van der Waals surface area (Å²) < 4.78 is 102. The molecule has 3 nitrogen and oxygen atoms in total. The van der Waals surface area contributed by atoms with Gasteiger partial charge in [0.1, 0.15) is 5.75 Å². The van der Waals surface area contributed by atoms with Crippen molar-refractivity contribution >= 4 is 19.7 Å². The molecule has 0 spiro atoms. The number of ether oxygens (including phenoxy) is 1. The van der Waals surface area contributed by atoms with Gasteiger partial charge in [0.25, 0.3) is 9.05 Å². The molecular formula is C14H7ClF6O3S. The standard InChI is InChI=1S/C14H7ClF6O3S/c15-25(22,23)12-6-3-9(13(16,17)18)7-11(12)8-1-4-10(5-2-8)24-14(19,20)21/h1-7H. The highest BCUT2D eigenvalue weighted by molar-refractivity contribution is 8.13. The molecule has 0 aliphatic rings. The van der Waals surface area contributed by atoms with Crippen LogP contribution in [0, 0.1) is 0 Å². The quantitative estimate of drug-likeness (QED) is 0.522. The number of halogens is 7. The molecule has 0 saturated carbocycles. The molecule has 0 saturated heterocycles. The van der Waals surface area contributed by atoms with Gasteiger partial charge >= 0.3 is 12.5 Å². The van der Waals surface area contributed by atoms with Crippen molar-refractivity contribution in [3.05, 3.63) is 48.0 Å². The average molecular weight is 405 g/mol. The van der Waals surface area contributed by atoms with Crippen molar-refractivity contribution in [1.82, 2.24) is 0 Å². The normalized spacial score (nSPS) is 12.9. The van der Waals surface area contributed by atoms with Gasteiger partial charge in [-0.1, -0.05) is 12.1 Å². The van der Waals surface area contributed by atoms with Gasteiger partial charge in [0, 0.05) is 16.2 Å². The van der Waals surface area contributed by atoms with Crippen LogP contribution in [0.4, 0.5) is 26.3 Å². The maximum atomic E-state index is 12.8. The van der Waals surface area contributed by atoms with E-state index >= 15 is 0 Å². The predicted molar refractivity (Wildman–Crippen MR) is 76.6 cm³/mol. The molecule has 0 bridgehead atoms. The van der Waals surface area contributed by atoms with Crippen LogP contribution < -0.4 is 4.74 Å². The van der Waals surface area contributed by atoms with E-state index in [1.165, 1.54) is 0 Å². The molecule has 11 heteroatoms. The Hall–Kier alpha value is -1.94. The first-order valence-corrected chi connectivity index (χ1v) is 8.60. The van der Waals surface area contributed by atoms with Gasteiger partial charge in [-0.3, -0.25) is 0 Å².